The molecule has 0 heterocycles. The van der Waals surface area contributed by atoms with Crippen molar-refractivity contribution in [1.29, 1.82) is 0 Å². The minimum absolute atomic E-state index is 0.321. The van der Waals surface area contributed by atoms with E-state index in [2.05, 4.69) is 48.5 Å². The van der Waals surface area contributed by atoms with Gasteiger partial charge in [0.05, 0.1) is 6.10 Å². The van der Waals surface area contributed by atoms with E-state index in [-0.39, 0.29) is 6.10 Å². The van der Waals surface area contributed by atoms with Gasteiger partial charge in [-0.2, -0.15) is 0 Å². The lowest BCUT2D eigenvalue weighted by molar-refractivity contribution is 0.102. The Balaban J connectivity index is 3.41. The van der Waals surface area contributed by atoms with Gasteiger partial charge in [0.25, 0.3) is 0 Å². The van der Waals surface area contributed by atoms with Crippen molar-refractivity contribution >= 4 is 0 Å². The van der Waals surface area contributed by atoms with Crippen molar-refractivity contribution < 1.29 is 5.11 Å². The van der Waals surface area contributed by atoms with Crippen molar-refractivity contribution in [2.75, 3.05) is 0 Å². The molecule has 0 bridgehead atoms. The van der Waals surface area contributed by atoms with E-state index in [1.807, 2.05) is 0 Å². The van der Waals surface area contributed by atoms with Crippen LogP contribution in [0.25, 0.3) is 0 Å². The topological polar surface area (TPSA) is 20.2 Å². The van der Waals surface area contributed by atoms with Crippen LogP contribution in [0.4, 0.5) is 0 Å². The molecule has 0 aliphatic heterocycles. The fourth-order valence-corrected chi connectivity index (χ4v) is 2.94. The minimum atomic E-state index is -0.321. The van der Waals surface area contributed by atoms with Gasteiger partial charge in [-0.3, -0.25) is 0 Å². The Labute approximate surface area is 112 Å². The summed E-state index contributed by atoms with van der Waals surface area (Å²) in [5.41, 5.74) is 7.75. The summed E-state index contributed by atoms with van der Waals surface area (Å²) in [6.45, 7) is 15.1. The molecule has 0 fully saturated rings. The Morgan fingerprint density at radius 1 is 0.722 bits per heavy atom. The molecular weight excluding hydrogens is 220 g/mol. The predicted molar refractivity (Wildman–Crippen MR) is 79.2 cm³/mol. The number of hydrogen-bond acceptors (Lipinski definition) is 1. The zero-order valence-electron chi connectivity index (χ0n) is 13.0. The van der Waals surface area contributed by atoms with E-state index in [0.717, 1.165) is 12.8 Å². The Morgan fingerprint density at radius 3 is 1.39 bits per heavy atom. The summed E-state index contributed by atoms with van der Waals surface area (Å²) in [5.74, 6) is 0.365. The normalized spacial score (nSPS) is 13.2. The molecule has 0 radical (unpaired) electrons. The van der Waals surface area contributed by atoms with Crippen molar-refractivity contribution in [2.24, 2.45) is 5.92 Å². The second-order valence-electron chi connectivity index (χ2n) is 5.56. The molecule has 0 aliphatic rings. The first-order valence-corrected chi connectivity index (χ1v) is 7.11. The summed E-state index contributed by atoms with van der Waals surface area (Å²) in [7, 11) is 0. The second-order valence-corrected chi connectivity index (χ2v) is 5.56. The van der Waals surface area contributed by atoms with Crippen molar-refractivity contribution in [2.45, 2.75) is 67.4 Å². The molecule has 1 nitrogen and oxygen atoms in total. The minimum Gasteiger partial charge on any atom is -0.388 e. The van der Waals surface area contributed by atoms with E-state index in [1.54, 1.807) is 0 Å². The van der Waals surface area contributed by atoms with Gasteiger partial charge in [-0.15, -0.1) is 0 Å². The molecule has 1 heteroatoms. The van der Waals surface area contributed by atoms with E-state index in [0.29, 0.717) is 5.92 Å². The molecule has 0 saturated carbocycles. The fraction of sp³-hybridized carbons (Fsp3) is 0.647. The van der Waals surface area contributed by atoms with E-state index >= 15 is 0 Å². The maximum Gasteiger partial charge on any atom is 0.0823 e. The van der Waals surface area contributed by atoms with Gasteiger partial charge >= 0.3 is 0 Å². The number of rotatable bonds is 4. The van der Waals surface area contributed by atoms with Crippen molar-refractivity contribution in [3.63, 3.8) is 0 Å². The van der Waals surface area contributed by atoms with Gasteiger partial charge in [-0.1, -0.05) is 26.7 Å². The van der Waals surface area contributed by atoms with Gasteiger partial charge in [0.2, 0.25) is 0 Å². The second kappa shape index (κ2) is 5.88. The highest BCUT2D eigenvalue weighted by Gasteiger charge is 2.23. The third-order valence-electron chi connectivity index (χ3n) is 4.85. The predicted octanol–water partition coefficient (Wildman–Crippen LogP) is 4.70. The van der Waals surface area contributed by atoms with Gasteiger partial charge in [-0.25, -0.2) is 0 Å². The van der Waals surface area contributed by atoms with Crippen LogP contribution < -0.4 is 0 Å². The van der Waals surface area contributed by atoms with Crippen LogP contribution in [0.2, 0.25) is 0 Å². The highest BCUT2D eigenvalue weighted by atomic mass is 16.3. The van der Waals surface area contributed by atoms with Gasteiger partial charge in [0.15, 0.2) is 0 Å². The van der Waals surface area contributed by atoms with Crippen molar-refractivity contribution in [3.05, 3.63) is 33.4 Å². The molecule has 0 saturated heterocycles. The summed E-state index contributed by atoms with van der Waals surface area (Å²) in [5, 5.41) is 10.7. The Hall–Kier alpha value is -0.820. The molecule has 102 valence electrons. The summed E-state index contributed by atoms with van der Waals surface area (Å²) < 4.78 is 0. The molecule has 1 unspecified atom stereocenters. The highest BCUT2D eigenvalue weighted by molar-refractivity contribution is 5.50. The Kier molecular flexibility index (Phi) is 4.98. The number of aliphatic hydroxyl groups excluding tert-OH is 1. The molecule has 1 rings (SSSR count). The lowest BCUT2D eigenvalue weighted by atomic mass is 9.82. The van der Waals surface area contributed by atoms with Crippen LogP contribution in [0.1, 0.15) is 66.2 Å². The molecule has 1 atom stereocenters. The summed E-state index contributed by atoms with van der Waals surface area (Å²) in [4.78, 5) is 0. The van der Waals surface area contributed by atoms with Crippen LogP contribution in [0.5, 0.6) is 0 Å². The lowest BCUT2D eigenvalue weighted by Crippen LogP contribution is -2.15. The molecule has 1 N–H and O–H groups in total. The third kappa shape index (κ3) is 2.47. The van der Waals surface area contributed by atoms with Crippen molar-refractivity contribution in [1.82, 2.24) is 0 Å². The zero-order chi connectivity index (χ0) is 14.0. The molecule has 1 aromatic carbocycles. The standard InChI is InChI=1S/C17H28O/c1-8-15(9-2)17(18)16-13(6)11(4)10(3)12(5)14(16)7/h15,17-18H,8-9H2,1-7H3. The summed E-state index contributed by atoms with van der Waals surface area (Å²) in [6.07, 6.45) is 1.74. The first kappa shape index (κ1) is 15.2. The average molecular weight is 248 g/mol. The maximum absolute atomic E-state index is 10.7. The summed E-state index contributed by atoms with van der Waals surface area (Å²) >= 11 is 0. The van der Waals surface area contributed by atoms with Gasteiger partial charge in [0.1, 0.15) is 0 Å². The van der Waals surface area contributed by atoms with Crippen LogP contribution in [-0.2, 0) is 0 Å². The van der Waals surface area contributed by atoms with Crippen LogP contribution in [0, 0.1) is 40.5 Å². The van der Waals surface area contributed by atoms with Gasteiger partial charge in [0, 0.05) is 0 Å². The Morgan fingerprint density at radius 2 is 1.06 bits per heavy atom. The van der Waals surface area contributed by atoms with Gasteiger partial charge in [-0.05, 0) is 73.9 Å². The van der Waals surface area contributed by atoms with Crippen LogP contribution in [-0.4, -0.2) is 5.11 Å². The highest BCUT2D eigenvalue weighted by Crippen LogP contribution is 2.35. The SMILES string of the molecule is CCC(CC)C(O)c1c(C)c(C)c(C)c(C)c1C. The smallest absolute Gasteiger partial charge is 0.0823 e. The third-order valence-corrected chi connectivity index (χ3v) is 4.85. The monoisotopic (exact) mass is 248 g/mol. The van der Waals surface area contributed by atoms with E-state index < -0.39 is 0 Å². The Bertz CT molecular complexity index is 399. The zero-order valence-corrected chi connectivity index (χ0v) is 13.0. The first-order valence-electron chi connectivity index (χ1n) is 7.11. The van der Waals surface area contributed by atoms with E-state index in [1.165, 1.54) is 33.4 Å². The number of hydrogen-bond donors (Lipinski definition) is 1. The van der Waals surface area contributed by atoms with Crippen LogP contribution in [0.3, 0.4) is 0 Å². The van der Waals surface area contributed by atoms with Gasteiger partial charge < -0.3 is 5.11 Å². The quantitative estimate of drug-likeness (QED) is 0.819. The van der Waals surface area contributed by atoms with Crippen molar-refractivity contribution in [3.8, 4) is 0 Å². The average Bonchev–Trinajstić information content (AvgIpc) is 2.36. The molecular formula is C17H28O. The molecule has 0 aliphatic carbocycles. The molecule has 0 amide bonds. The largest absolute Gasteiger partial charge is 0.388 e. The summed E-state index contributed by atoms with van der Waals surface area (Å²) in [6, 6.07) is 0. The van der Waals surface area contributed by atoms with Crippen LogP contribution >= 0.6 is 0 Å². The van der Waals surface area contributed by atoms with Crippen LogP contribution in [0.15, 0.2) is 0 Å². The number of benzene rings is 1. The molecule has 1 aromatic rings. The lowest BCUT2D eigenvalue weighted by Gasteiger charge is -2.27. The fourth-order valence-electron chi connectivity index (χ4n) is 2.94. The van der Waals surface area contributed by atoms with E-state index in [4.69, 9.17) is 0 Å². The molecule has 0 spiro atoms. The first-order chi connectivity index (χ1) is 8.36. The molecule has 0 aromatic heterocycles. The number of aliphatic hydroxyl groups is 1. The molecule has 18 heavy (non-hydrogen) atoms. The maximum atomic E-state index is 10.7. The van der Waals surface area contributed by atoms with E-state index in [9.17, 15) is 5.11 Å².